The molecule has 0 radical (unpaired) electrons. The molecule has 3 atom stereocenters. The van der Waals surface area contributed by atoms with E-state index in [1.807, 2.05) is 31.2 Å². The summed E-state index contributed by atoms with van der Waals surface area (Å²) < 4.78 is 7.68. The quantitative estimate of drug-likeness (QED) is 0.459. The molecule has 1 aromatic rings. The summed E-state index contributed by atoms with van der Waals surface area (Å²) in [4.78, 5) is 6.70. The molecule has 21 heavy (non-hydrogen) atoms. The first-order valence-electron chi connectivity index (χ1n) is 7.26. The predicted molar refractivity (Wildman–Crippen MR) is 93.0 cm³/mol. The van der Waals surface area contributed by atoms with E-state index < -0.39 is 0 Å². The van der Waals surface area contributed by atoms with Crippen LogP contribution < -0.4 is 5.32 Å². The maximum Gasteiger partial charge on any atom is 0.194 e. The summed E-state index contributed by atoms with van der Waals surface area (Å²) >= 11 is 0. The number of rotatable bonds is 2. The van der Waals surface area contributed by atoms with Crippen LogP contribution >= 0.6 is 24.0 Å². The monoisotopic (exact) mass is 405 g/mol. The molecule has 0 aromatic carbocycles. The Morgan fingerprint density at radius 1 is 1.52 bits per heavy atom. The molecule has 1 N–H and O–H groups in total. The lowest BCUT2D eigenvalue weighted by Crippen LogP contribution is -2.48. The molecule has 1 saturated heterocycles. The van der Waals surface area contributed by atoms with Crippen molar-refractivity contribution < 1.29 is 4.74 Å². The Bertz CT molecular complexity index is 503. The summed E-state index contributed by atoms with van der Waals surface area (Å²) in [6.45, 7) is 4.70. The fraction of sp³-hybridized carbons (Fsp3) is 0.714. The van der Waals surface area contributed by atoms with Crippen molar-refractivity contribution in [2.45, 2.75) is 25.5 Å². The second-order valence-electron chi connectivity index (χ2n) is 5.76. The van der Waals surface area contributed by atoms with Crippen LogP contribution in [0.2, 0.25) is 0 Å². The molecule has 6 nitrogen and oxygen atoms in total. The zero-order valence-electron chi connectivity index (χ0n) is 12.8. The summed E-state index contributed by atoms with van der Waals surface area (Å²) in [5.74, 6) is 1.76. The lowest BCUT2D eigenvalue weighted by atomic mass is 10.1. The van der Waals surface area contributed by atoms with Crippen LogP contribution in [0.4, 0.5) is 0 Å². The number of hydrogen-bond acceptors (Lipinski definition) is 3. The van der Waals surface area contributed by atoms with E-state index in [2.05, 4.69) is 27.2 Å². The fourth-order valence-corrected chi connectivity index (χ4v) is 2.64. The SMILES string of the molecule is CN=C(NC1CC1C)N1CCOC(c2cnn(C)c2)C1.I. The third-order valence-electron chi connectivity index (χ3n) is 4.10. The van der Waals surface area contributed by atoms with Gasteiger partial charge in [-0.25, -0.2) is 0 Å². The van der Waals surface area contributed by atoms with Crippen LogP contribution in [-0.2, 0) is 11.8 Å². The highest BCUT2D eigenvalue weighted by atomic mass is 127. The normalized spacial score (nSPS) is 29.0. The Labute approximate surface area is 143 Å². The summed E-state index contributed by atoms with van der Waals surface area (Å²) in [5.41, 5.74) is 1.13. The van der Waals surface area contributed by atoms with Crippen LogP contribution in [0.1, 0.15) is 25.0 Å². The van der Waals surface area contributed by atoms with E-state index >= 15 is 0 Å². The van der Waals surface area contributed by atoms with Gasteiger partial charge in [0.05, 0.1) is 19.3 Å². The van der Waals surface area contributed by atoms with Gasteiger partial charge in [0.25, 0.3) is 0 Å². The summed E-state index contributed by atoms with van der Waals surface area (Å²) in [6, 6.07) is 0.591. The van der Waals surface area contributed by atoms with E-state index in [0.29, 0.717) is 6.04 Å². The molecule has 118 valence electrons. The third kappa shape index (κ3) is 3.88. The van der Waals surface area contributed by atoms with Crippen LogP contribution in [0, 0.1) is 5.92 Å². The summed E-state index contributed by atoms with van der Waals surface area (Å²) in [5, 5.41) is 7.76. The second-order valence-corrected chi connectivity index (χ2v) is 5.76. The molecule has 3 unspecified atom stereocenters. The average Bonchev–Trinajstić information content (AvgIpc) is 2.96. The molecule has 2 fully saturated rings. The molecule has 0 spiro atoms. The molecular weight excluding hydrogens is 381 g/mol. The molecule has 7 heteroatoms. The van der Waals surface area contributed by atoms with Crippen LogP contribution in [-0.4, -0.2) is 53.4 Å². The van der Waals surface area contributed by atoms with E-state index in [4.69, 9.17) is 4.74 Å². The van der Waals surface area contributed by atoms with Gasteiger partial charge < -0.3 is 15.0 Å². The van der Waals surface area contributed by atoms with Crippen molar-refractivity contribution in [2.24, 2.45) is 18.0 Å². The molecule has 3 rings (SSSR count). The van der Waals surface area contributed by atoms with E-state index in [0.717, 1.165) is 37.1 Å². The van der Waals surface area contributed by atoms with Gasteiger partial charge in [0.2, 0.25) is 0 Å². The fourth-order valence-electron chi connectivity index (χ4n) is 2.64. The maximum absolute atomic E-state index is 5.87. The van der Waals surface area contributed by atoms with Crippen molar-refractivity contribution in [3.05, 3.63) is 18.0 Å². The first-order valence-corrected chi connectivity index (χ1v) is 7.26. The zero-order valence-corrected chi connectivity index (χ0v) is 15.2. The van der Waals surface area contributed by atoms with Gasteiger partial charge in [-0.3, -0.25) is 9.67 Å². The number of aromatic nitrogens is 2. The standard InChI is InChI=1S/C14H23N5O.HI/c1-10-6-12(10)17-14(15-2)19-4-5-20-13(9-19)11-7-16-18(3)8-11;/h7-8,10,12-13H,4-6,9H2,1-3H3,(H,15,17);1H. The number of aliphatic imine (C=N–C) groups is 1. The molecule has 1 aromatic heterocycles. The number of aryl methyl sites for hydroxylation is 1. The number of ether oxygens (including phenoxy) is 1. The number of halogens is 1. The molecule has 1 aliphatic carbocycles. The van der Waals surface area contributed by atoms with Crippen molar-refractivity contribution in [3.63, 3.8) is 0 Å². The second kappa shape index (κ2) is 6.95. The summed E-state index contributed by atoms with van der Waals surface area (Å²) in [7, 11) is 3.78. The van der Waals surface area contributed by atoms with Crippen molar-refractivity contribution in [1.29, 1.82) is 0 Å². The first-order chi connectivity index (χ1) is 9.67. The van der Waals surface area contributed by atoms with E-state index in [-0.39, 0.29) is 30.1 Å². The Balaban J connectivity index is 0.00000161. The van der Waals surface area contributed by atoms with Gasteiger partial charge in [0.15, 0.2) is 5.96 Å². The largest absolute Gasteiger partial charge is 0.370 e. The summed E-state index contributed by atoms with van der Waals surface area (Å²) in [6.07, 6.45) is 5.23. The van der Waals surface area contributed by atoms with Gasteiger partial charge in [-0.1, -0.05) is 6.92 Å². The Kier molecular flexibility index (Phi) is 5.48. The number of morpholine rings is 1. The average molecular weight is 405 g/mol. The van der Waals surface area contributed by atoms with Gasteiger partial charge in [-0.15, -0.1) is 24.0 Å². The lowest BCUT2D eigenvalue weighted by molar-refractivity contribution is -0.00807. The molecule has 2 aliphatic rings. The van der Waals surface area contributed by atoms with Gasteiger partial charge in [0.1, 0.15) is 6.10 Å². The van der Waals surface area contributed by atoms with Crippen molar-refractivity contribution in [3.8, 4) is 0 Å². The highest BCUT2D eigenvalue weighted by Gasteiger charge is 2.35. The molecule has 0 amide bonds. The number of hydrogen-bond donors (Lipinski definition) is 1. The smallest absolute Gasteiger partial charge is 0.194 e. The van der Waals surface area contributed by atoms with E-state index in [9.17, 15) is 0 Å². The van der Waals surface area contributed by atoms with Crippen molar-refractivity contribution >= 4 is 29.9 Å². The van der Waals surface area contributed by atoms with Crippen molar-refractivity contribution in [1.82, 2.24) is 20.0 Å². The first kappa shape index (κ1) is 16.5. The maximum atomic E-state index is 5.87. The van der Waals surface area contributed by atoms with E-state index in [1.165, 1.54) is 6.42 Å². The minimum absolute atomic E-state index is 0. The lowest BCUT2D eigenvalue weighted by Gasteiger charge is -2.34. The minimum Gasteiger partial charge on any atom is -0.370 e. The van der Waals surface area contributed by atoms with Gasteiger partial charge in [-0.2, -0.15) is 5.10 Å². The highest BCUT2D eigenvalue weighted by Crippen LogP contribution is 2.29. The Hall–Kier alpha value is -0.830. The van der Waals surface area contributed by atoms with Crippen LogP contribution in [0.3, 0.4) is 0 Å². The van der Waals surface area contributed by atoms with Crippen molar-refractivity contribution in [2.75, 3.05) is 26.7 Å². The number of guanidine groups is 1. The molecule has 1 aliphatic heterocycles. The molecule has 1 saturated carbocycles. The number of nitrogens with zero attached hydrogens (tertiary/aromatic N) is 4. The molecular formula is C14H24IN5O. The predicted octanol–water partition coefficient (Wildman–Crippen LogP) is 1.40. The van der Waals surface area contributed by atoms with Gasteiger partial charge in [0, 0.05) is 38.4 Å². The zero-order chi connectivity index (χ0) is 14.1. The highest BCUT2D eigenvalue weighted by molar-refractivity contribution is 14.0. The van der Waals surface area contributed by atoms with Gasteiger partial charge >= 0.3 is 0 Å². The van der Waals surface area contributed by atoms with Crippen LogP contribution in [0.15, 0.2) is 17.4 Å². The van der Waals surface area contributed by atoms with E-state index in [1.54, 1.807) is 0 Å². The minimum atomic E-state index is 0. The Morgan fingerprint density at radius 2 is 2.29 bits per heavy atom. The number of nitrogens with one attached hydrogen (secondary N) is 1. The molecule has 0 bridgehead atoms. The third-order valence-corrected chi connectivity index (χ3v) is 4.10. The van der Waals surface area contributed by atoms with Crippen LogP contribution in [0.25, 0.3) is 0 Å². The van der Waals surface area contributed by atoms with Gasteiger partial charge in [-0.05, 0) is 12.3 Å². The molecule has 2 heterocycles. The van der Waals surface area contributed by atoms with Crippen LogP contribution in [0.5, 0.6) is 0 Å². The topological polar surface area (TPSA) is 54.7 Å². The Morgan fingerprint density at radius 3 is 2.86 bits per heavy atom.